The summed E-state index contributed by atoms with van der Waals surface area (Å²) in [4.78, 5) is 27.8. The van der Waals surface area contributed by atoms with Crippen LogP contribution in [-0.2, 0) is 16.1 Å². The molecule has 3 atom stereocenters. The van der Waals surface area contributed by atoms with Gasteiger partial charge in [0.15, 0.2) is 0 Å². The van der Waals surface area contributed by atoms with Crippen LogP contribution in [0.15, 0.2) is 36.2 Å². The molecule has 1 aromatic rings. The van der Waals surface area contributed by atoms with Crippen molar-refractivity contribution in [2.24, 2.45) is 17.8 Å². The summed E-state index contributed by atoms with van der Waals surface area (Å²) in [5.41, 5.74) is 1.97. The van der Waals surface area contributed by atoms with Gasteiger partial charge < -0.3 is 10.4 Å². The summed E-state index contributed by atoms with van der Waals surface area (Å²) < 4.78 is 0. The van der Waals surface area contributed by atoms with E-state index in [2.05, 4.69) is 10.3 Å². The average Bonchev–Trinajstić information content (AvgIpc) is 2.44. The van der Waals surface area contributed by atoms with Gasteiger partial charge in [0.1, 0.15) is 0 Å². The number of amides is 1. The molecule has 21 heavy (non-hydrogen) atoms. The van der Waals surface area contributed by atoms with Crippen molar-refractivity contribution in [1.82, 2.24) is 10.3 Å². The van der Waals surface area contributed by atoms with Crippen molar-refractivity contribution in [1.29, 1.82) is 0 Å². The maximum absolute atomic E-state index is 12.4. The Morgan fingerprint density at radius 2 is 2.24 bits per heavy atom. The monoisotopic (exact) mass is 288 g/mol. The number of nitrogens with zero attached hydrogens (tertiary/aromatic N) is 1. The van der Waals surface area contributed by atoms with E-state index in [0.29, 0.717) is 13.0 Å². The Morgan fingerprint density at radius 3 is 2.86 bits per heavy atom. The lowest BCUT2D eigenvalue weighted by atomic mass is 9.73. The fourth-order valence-corrected chi connectivity index (χ4v) is 2.94. The van der Waals surface area contributed by atoms with Crippen LogP contribution in [0.1, 0.15) is 25.8 Å². The summed E-state index contributed by atoms with van der Waals surface area (Å²) >= 11 is 0. The Bertz CT molecular complexity index is 554. The van der Waals surface area contributed by atoms with Crippen molar-refractivity contribution in [3.8, 4) is 0 Å². The van der Waals surface area contributed by atoms with Crippen molar-refractivity contribution in [2.75, 3.05) is 0 Å². The third-order valence-electron chi connectivity index (χ3n) is 3.90. The molecule has 0 radical (unpaired) electrons. The van der Waals surface area contributed by atoms with Crippen LogP contribution in [0.5, 0.6) is 0 Å². The molecule has 0 bridgehead atoms. The van der Waals surface area contributed by atoms with Crippen molar-refractivity contribution >= 4 is 11.9 Å². The van der Waals surface area contributed by atoms with Gasteiger partial charge in [-0.3, -0.25) is 14.6 Å². The molecule has 5 heteroatoms. The number of carbonyl (C=O) groups is 2. The maximum atomic E-state index is 12.4. The van der Waals surface area contributed by atoms with Crippen molar-refractivity contribution in [2.45, 2.75) is 26.8 Å². The lowest BCUT2D eigenvalue weighted by Crippen LogP contribution is -2.42. The molecule has 0 fully saturated rings. The Labute approximate surface area is 124 Å². The third-order valence-corrected chi connectivity index (χ3v) is 3.90. The SMILES string of the molecule is CC1=C[C@H](C)[C@H](C(=O)O)[C@@H](C(=O)NCc2cccnc2)C1. The van der Waals surface area contributed by atoms with Crippen LogP contribution in [0, 0.1) is 17.8 Å². The van der Waals surface area contributed by atoms with Gasteiger partial charge in [-0.05, 0) is 30.9 Å². The van der Waals surface area contributed by atoms with Gasteiger partial charge >= 0.3 is 5.97 Å². The molecule has 1 heterocycles. The topological polar surface area (TPSA) is 79.3 Å². The molecule has 0 saturated carbocycles. The van der Waals surface area contributed by atoms with Crippen LogP contribution in [0.3, 0.4) is 0 Å². The summed E-state index contributed by atoms with van der Waals surface area (Å²) in [6.07, 6.45) is 5.80. The summed E-state index contributed by atoms with van der Waals surface area (Å²) in [5, 5.41) is 12.2. The number of hydrogen-bond donors (Lipinski definition) is 2. The second-order valence-electron chi connectivity index (χ2n) is 5.63. The Hall–Kier alpha value is -2.17. The molecule has 0 spiro atoms. The number of pyridine rings is 1. The number of allylic oxidation sites excluding steroid dienone is 2. The average molecular weight is 288 g/mol. The molecule has 0 aromatic carbocycles. The van der Waals surface area contributed by atoms with Gasteiger partial charge in [0.25, 0.3) is 0 Å². The summed E-state index contributed by atoms with van der Waals surface area (Å²) in [5.74, 6) is -2.43. The van der Waals surface area contributed by atoms with Gasteiger partial charge in [-0.2, -0.15) is 0 Å². The fraction of sp³-hybridized carbons (Fsp3) is 0.438. The molecule has 0 aliphatic heterocycles. The number of nitrogens with one attached hydrogen (secondary N) is 1. The highest BCUT2D eigenvalue weighted by Gasteiger charge is 2.39. The van der Waals surface area contributed by atoms with Gasteiger partial charge in [-0.25, -0.2) is 0 Å². The number of aromatic nitrogens is 1. The van der Waals surface area contributed by atoms with E-state index in [4.69, 9.17) is 0 Å². The molecule has 0 unspecified atom stereocenters. The highest BCUT2D eigenvalue weighted by atomic mass is 16.4. The highest BCUT2D eigenvalue weighted by molar-refractivity contribution is 5.85. The zero-order chi connectivity index (χ0) is 15.4. The number of carbonyl (C=O) groups excluding carboxylic acids is 1. The Kier molecular flexibility index (Phi) is 4.73. The molecule has 1 amide bonds. The molecular weight excluding hydrogens is 268 g/mol. The quantitative estimate of drug-likeness (QED) is 0.831. The molecule has 1 aromatic heterocycles. The van der Waals surface area contributed by atoms with Crippen molar-refractivity contribution in [3.05, 3.63) is 41.7 Å². The first-order valence-corrected chi connectivity index (χ1v) is 7.05. The fourth-order valence-electron chi connectivity index (χ4n) is 2.94. The molecule has 2 N–H and O–H groups in total. The summed E-state index contributed by atoms with van der Waals surface area (Å²) in [6.45, 7) is 4.16. The van der Waals surface area contributed by atoms with E-state index in [-0.39, 0.29) is 11.8 Å². The van der Waals surface area contributed by atoms with E-state index in [1.165, 1.54) is 0 Å². The minimum Gasteiger partial charge on any atom is -0.481 e. The summed E-state index contributed by atoms with van der Waals surface area (Å²) in [7, 11) is 0. The van der Waals surface area contributed by atoms with E-state index >= 15 is 0 Å². The van der Waals surface area contributed by atoms with Gasteiger partial charge in [-0.15, -0.1) is 0 Å². The van der Waals surface area contributed by atoms with E-state index in [1.807, 2.05) is 26.0 Å². The minimum absolute atomic E-state index is 0.134. The van der Waals surface area contributed by atoms with Gasteiger partial charge in [0, 0.05) is 18.9 Å². The summed E-state index contributed by atoms with van der Waals surface area (Å²) in [6, 6.07) is 3.67. The first-order valence-electron chi connectivity index (χ1n) is 7.05. The lowest BCUT2D eigenvalue weighted by Gasteiger charge is -2.31. The van der Waals surface area contributed by atoms with Crippen molar-refractivity contribution < 1.29 is 14.7 Å². The Morgan fingerprint density at radius 1 is 1.48 bits per heavy atom. The number of aliphatic carboxylic acids is 1. The van der Waals surface area contributed by atoms with E-state index < -0.39 is 17.8 Å². The molecule has 5 nitrogen and oxygen atoms in total. The minimum atomic E-state index is -0.909. The first-order chi connectivity index (χ1) is 9.99. The van der Waals surface area contributed by atoms with E-state index in [0.717, 1.165) is 11.1 Å². The first kappa shape index (κ1) is 15.2. The Balaban J connectivity index is 2.06. The molecular formula is C16H20N2O3. The molecule has 1 aliphatic carbocycles. The van der Waals surface area contributed by atoms with Crippen LogP contribution in [0.4, 0.5) is 0 Å². The molecule has 0 saturated heterocycles. The molecule has 112 valence electrons. The highest BCUT2D eigenvalue weighted by Crippen LogP contribution is 2.34. The van der Waals surface area contributed by atoms with E-state index in [9.17, 15) is 14.7 Å². The zero-order valence-corrected chi connectivity index (χ0v) is 12.2. The third kappa shape index (κ3) is 3.68. The number of hydrogen-bond acceptors (Lipinski definition) is 3. The number of carboxylic acid groups (broad SMARTS) is 1. The lowest BCUT2D eigenvalue weighted by molar-refractivity contribution is -0.149. The zero-order valence-electron chi connectivity index (χ0n) is 12.2. The van der Waals surface area contributed by atoms with Crippen LogP contribution in [0.2, 0.25) is 0 Å². The second kappa shape index (κ2) is 6.52. The van der Waals surface area contributed by atoms with E-state index in [1.54, 1.807) is 18.5 Å². The van der Waals surface area contributed by atoms with Crippen molar-refractivity contribution in [3.63, 3.8) is 0 Å². The maximum Gasteiger partial charge on any atom is 0.307 e. The second-order valence-corrected chi connectivity index (χ2v) is 5.63. The predicted octanol–water partition coefficient (Wildman–Crippen LogP) is 2.00. The van der Waals surface area contributed by atoms with Crippen LogP contribution in [0.25, 0.3) is 0 Å². The largest absolute Gasteiger partial charge is 0.481 e. The number of rotatable bonds is 4. The van der Waals surface area contributed by atoms with Gasteiger partial charge in [-0.1, -0.05) is 24.6 Å². The van der Waals surface area contributed by atoms with Gasteiger partial charge in [0.2, 0.25) is 5.91 Å². The van der Waals surface area contributed by atoms with Gasteiger partial charge in [0.05, 0.1) is 11.8 Å². The normalized spacial score (nSPS) is 25.0. The predicted molar refractivity (Wildman–Crippen MR) is 78.2 cm³/mol. The van der Waals surface area contributed by atoms with Crippen LogP contribution in [-0.4, -0.2) is 22.0 Å². The molecule has 1 aliphatic rings. The molecule has 2 rings (SSSR count). The van der Waals surface area contributed by atoms with Crippen LogP contribution >= 0.6 is 0 Å². The smallest absolute Gasteiger partial charge is 0.307 e. The van der Waals surface area contributed by atoms with Crippen LogP contribution < -0.4 is 5.32 Å². The number of carboxylic acids is 1. The standard InChI is InChI=1S/C16H20N2O3/c1-10-6-11(2)14(16(20)21)13(7-10)15(19)18-9-12-4-3-5-17-8-12/h3-6,8,11,13-14H,7,9H2,1-2H3,(H,18,19)(H,20,21)/t11-,13-,14-/m0/s1.